The van der Waals surface area contributed by atoms with E-state index >= 15 is 0 Å². The van der Waals surface area contributed by atoms with Crippen LogP contribution in [0.3, 0.4) is 0 Å². The molecule has 0 aliphatic carbocycles. The normalized spacial score (nSPS) is 11.0. The number of pyridine rings is 1. The van der Waals surface area contributed by atoms with Gasteiger partial charge in [0.1, 0.15) is 0 Å². The van der Waals surface area contributed by atoms with E-state index in [4.69, 9.17) is 5.26 Å². The molecule has 7 heteroatoms. The Balaban J connectivity index is 1.66. The Bertz CT molecular complexity index is 1300. The minimum absolute atomic E-state index is 0.342. The highest BCUT2D eigenvalue weighted by Gasteiger charge is 2.19. The van der Waals surface area contributed by atoms with Crippen molar-refractivity contribution in [2.24, 2.45) is 5.10 Å². The van der Waals surface area contributed by atoms with Crippen molar-refractivity contribution in [2.45, 2.75) is 13.8 Å². The number of hydrogen-bond donors (Lipinski definition) is 1. The van der Waals surface area contributed by atoms with Crippen LogP contribution in [0, 0.1) is 25.2 Å². The molecule has 7 nitrogen and oxygen atoms in total. The van der Waals surface area contributed by atoms with E-state index in [1.54, 1.807) is 35.0 Å². The molecule has 4 aromatic rings. The molecule has 146 valence electrons. The summed E-state index contributed by atoms with van der Waals surface area (Å²) in [6.07, 6.45) is 1.53. The van der Waals surface area contributed by atoms with Gasteiger partial charge in [0.2, 0.25) is 0 Å². The molecule has 0 aliphatic rings. The van der Waals surface area contributed by atoms with Crippen LogP contribution in [0.15, 0.2) is 65.8 Å². The zero-order valence-corrected chi connectivity index (χ0v) is 16.5. The first-order chi connectivity index (χ1) is 14.6. The summed E-state index contributed by atoms with van der Waals surface area (Å²) in [5.74, 6) is -0.342. The van der Waals surface area contributed by atoms with Crippen LogP contribution in [-0.4, -0.2) is 26.9 Å². The molecule has 0 spiro atoms. The van der Waals surface area contributed by atoms with Gasteiger partial charge in [-0.05, 0) is 49.7 Å². The third kappa shape index (κ3) is 3.66. The number of carbonyl (C=O) groups excluding carboxylic acids is 1. The largest absolute Gasteiger partial charge is 0.272 e. The van der Waals surface area contributed by atoms with E-state index < -0.39 is 0 Å². The van der Waals surface area contributed by atoms with Gasteiger partial charge in [-0.3, -0.25) is 4.79 Å². The number of nitrogens with one attached hydrogen (secondary N) is 1. The van der Waals surface area contributed by atoms with Gasteiger partial charge in [-0.2, -0.15) is 15.5 Å². The molecule has 2 heterocycles. The van der Waals surface area contributed by atoms with E-state index in [-0.39, 0.29) is 5.91 Å². The number of carbonyl (C=O) groups is 1. The highest BCUT2D eigenvalue weighted by atomic mass is 16.2. The van der Waals surface area contributed by atoms with Gasteiger partial charge in [-0.25, -0.2) is 15.1 Å². The van der Waals surface area contributed by atoms with E-state index in [1.807, 2.05) is 44.2 Å². The van der Waals surface area contributed by atoms with Crippen molar-refractivity contribution in [3.8, 4) is 11.8 Å². The molecule has 0 aliphatic heterocycles. The van der Waals surface area contributed by atoms with Crippen molar-refractivity contribution < 1.29 is 4.79 Å². The van der Waals surface area contributed by atoms with Crippen LogP contribution in [0.25, 0.3) is 16.7 Å². The third-order valence-corrected chi connectivity index (χ3v) is 4.61. The first-order valence-electron chi connectivity index (χ1n) is 9.33. The van der Waals surface area contributed by atoms with Crippen LogP contribution in [-0.2, 0) is 0 Å². The maximum atomic E-state index is 12.9. The summed E-state index contributed by atoms with van der Waals surface area (Å²) in [4.78, 5) is 17.5. The summed E-state index contributed by atoms with van der Waals surface area (Å²) in [5.41, 5.74) is 7.30. The van der Waals surface area contributed by atoms with Gasteiger partial charge in [-0.15, -0.1) is 0 Å². The molecule has 0 radical (unpaired) electrons. The highest BCUT2D eigenvalue weighted by Crippen LogP contribution is 2.24. The number of hydrogen-bond acceptors (Lipinski definition) is 5. The Morgan fingerprint density at radius 2 is 1.87 bits per heavy atom. The lowest BCUT2D eigenvalue weighted by atomic mass is 10.1. The number of para-hydroxylation sites is 1. The second-order valence-corrected chi connectivity index (χ2v) is 6.78. The van der Waals surface area contributed by atoms with Crippen molar-refractivity contribution in [3.05, 3.63) is 88.7 Å². The SMILES string of the molecule is Cc1cc(C(=O)N/N=C/c2ccc(C#N)cc2)c2c(C)nn(-c3ccccc3)c2n1. The van der Waals surface area contributed by atoms with Crippen LogP contribution < -0.4 is 5.43 Å². The summed E-state index contributed by atoms with van der Waals surface area (Å²) in [6, 6.07) is 20.4. The Kier molecular flexibility index (Phi) is 5.06. The summed E-state index contributed by atoms with van der Waals surface area (Å²) in [7, 11) is 0. The zero-order chi connectivity index (χ0) is 21.1. The lowest BCUT2D eigenvalue weighted by Crippen LogP contribution is -2.18. The first kappa shape index (κ1) is 19.0. The smallest absolute Gasteiger partial charge is 0.267 e. The van der Waals surface area contributed by atoms with E-state index in [2.05, 4.69) is 26.7 Å². The molecule has 0 saturated carbocycles. The van der Waals surface area contributed by atoms with Crippen LogP contribution in [0.1, 0.15) is 32.9 Å². The molecule has 30 heavy (non-hydrogen) atoms. The fraction of sp³-hybridized carbons (Fsp3) is 0.0870. The number of amides is 1. The Morgan fingerprint density at radius 1 is 1.13 bits per heavy atom. The Hall–Kier alpha value is -4.31. The van der Waals surface area contributed by atoms with Crippen LogP contribution in [0.2, 0.25) is 0 Å². The van der Waals surface area contributed by atoms with Gasteiger partial charge in [0.15, 0.2) is 5.65 Å². The molecule has 0 fully saturated rings. The number of nitrogens with zero attached hydrogens (tertiary/aromatic N) is 5. The predicted molar refractivity (Wildman–Crippen MR) is 115 cm³/mol. The molecule has 0 saturated heterocycles. The number of aryl methyl sites for hydroxylation is 2. The summed E-state index contributed by atoms with van der Waals surface area (Å²) >= 11 is 0. The Labute approximate surface area is 173 Å². The average molecular weight is 394 g/mol. The number of hydrazone groups is 1. The van der Waals surface area contributed by atoms with Crippen LogP contribution >= 0.6 is 0 Å². The molecule has 0 unspecified atom stereocenters. The lowest BCUT2D eigenvalue weighted by Gasteiger charge is -2.06. The quantitative estimate of drug-likeness (QED) is 0.422. The molecular formula is C23H18N6O. The van der Waals surface area contributed by atoms with Gasteiger partial charge >= 0.3 is 0 Å². The molecule has 2 aromatic carbocycles. The van der Waals surface area contributed by atoms with Gasteiger partial charge < -0.3 is 0 Å². The van der Waals surface area contributed by atoms with Crippen molar-refractivity contribution in [1.29, 1.82) is 5.26 Å². The van der Waals surface area contributed by atoms with E-state index in [1.165, 1.54) is 6.21 Å². The minimum Gasteiger partial charge on any atom is -0.267 e. The fourth-order valence-corrected chi connectivity index (χ4v) is 3.21. The topological polar surface area (TPSA) is 96.0 Å². The minimum atomic E-state index is -0.342. The third-order valence-electron chi connectivity index (χ3n) is 4.61. The van der Waals surface area contributed by atoms with Crippen molar-refractivity contribution in [2.75, 3.05) is 0 Å². The second-order valence-electron chi connectivity index (χ2n) is 6.78. The average Bonchev–Trinajstić information content (AvgIpc) is 3.10. The summed E-state index contributed by atoms with van der Waals surface area (Å²) in [6.45, 7) is 3.70. The maximum Gasteiger partial charge on any atom is 0.272 e. The molecule has 2 aromatic heterocycles. The van der Waals surface area contributed by atoms with Gasteiger partial charge in [-0.1, -0.05) is 30.3 Å². The van der Waals surface area contributed by atoms with Gasteiger partial charge in [0.05, 0.1) is 40.2 Å². The Morgan fingerprint density at radius 3 is 2.57 bits per heavy atom. The monoisotopic (exact) mass is 394 g/mol. The molecule has 1 amide bonds. The summed E-state index contributed by atoms with van der Waals surface area (Å²) in [5, 5.41) is 18.2. The van der Waals surface area contributed by atoms with Crippen LogP contribution in [0.4, 0.5) is 0 Å². The lowest BCUT2D eigenvalue weighted by molar-refractivity contribution is 0.0956. The van der Waals surface area contributed by atoms with E-state index in [0.717, 1.165) is 11.3 Å². The van der Waals surface area contributed by atoms with Gasteiger partial charge in [0.25, 0.3) is 5.91 Å². The number of rotatable bonds is 4. The van der Waals surface area contributed by atoms with E-state index in [9.17, 15) is 4.79 Å². The molecule has 4 rings (SSSR count). The molecule has 1 N–H and O–H groups in total. The van der Waals surface area contributed by atoms with Crippen molar-refractivity contribution in [3.63, 3.8) is 0 Å². The summed E-state index contributed by atoms with van der Waals surface area (Å²) < 4.78 is 1.74. The first-order valence-corrected chi connectivity index (χ1v) is 9.33. The van der Waals surface area contributed by atoms with Crippen LogP contribution in [0.5, 0.6) is 0 Å². The fourth-order valence-electron chi connectivity index (χ4n) is 3.21. The zero-order valence-electron chi connectivity index (χ0n) is 16.5. The van der Waals surface area contributed by atoms with E-state index in [0.29, 0.717) is 33.5 Å². The molecular weight excluding hydrogens is 376 g/mol. The predicted octanol–water partition coefficient (Wildman–Crippen LogP) is 3.67. The number of fused-ring (bicyclic) bond motifs is 1. The second kappa shape index (κ2) is 7.97. The number of benzene rings is 2. The standard InChI is InChI=1S/C23H18N6O/c1-15-12-20(23(30)27-25-14-18-10-8-17(13-24)9-11-18)21-16(2)28-29(22(21)26-15)19-6-4-3-5-7-19/h3-12,14H,1-2H3,(H,27,30)/b25-14+. The van der Waals surface area contributed by atoms with Crippen molar-refractivity contribution in [1.82, 2.24) is 20.2 Å². The molecule has 0 atom stereocenters. The highest BCUT2D eigenvalue weighted by molar-refractivity contribution is 6.07. The number of aromatic nitrogens is 3. The molecule has 0 bridgehead atoms. The maximum absolute atomic E-state index is 12.9. The van der Waals surface area contributed by atoms with Crippen molar-refractivity contribution >= 4 is 23.2 Å². The number of nitriles is 1. The van der Waals surface area contributed by atoms with Gasteiger partial charge in [0, 0.05) is 5.69 Å².